The quantitative estimate of drug-likeness (QED) is 0.534. The Morgan fingerprint density at radius 3 is 2.28 bits per heavy atom. The summed E-state index contributed by atoms with van der Waals surface area (Å²) in [4.78, 5) is 29.8. The average molecular weight is 384 g/mol. The van der Waals surface area contributed by atoms with Gasteiger partial charge in [0.2, 0.25) is 5.82 Å². The van der Waals surface area contributed by atoms with Crippen molar-refractivity contribution in [2.75, 3.05) is 11.9 Å². The number of fused-ring (bicyclic) bond motifs is 1. The number of rotatable bonds is 6. The summed E-state index contributed by atoms with van der Waals surface area (Å²) in [6.45, 7) is 0.486. The van der Waals surface area contributed by atoms with Crippen LogP contribution in [-0.2, 0) is 6.42 Å². The fourth-order valence-corrected chi connectivity index (χ4v) is 3.12. The van der Waals surface area contributed by atoms with Gasteiger partial charge in [-0.05, 0) is 36.2 Å². The summed E-state index contributed by atoms with van der Waals surface area (Å²) in [6, 6.07) is 24.5. The Bertz CT molecular complexity index is 1140. The predicted molar refractivity (Wildman–Crippen MR) is 112 cm³/mol. The van der Waals surface area contributed by atoms with Gasteiger partial charge in [0.25, 0.3) is 11.8 Å². The van der Waals surface area contributed by atoms with Crippen LogP contribution in [0.1, 0.15) is 26.7 Å². The second-order valence-corrected chi connectivity index (χ2v) is 6.55. The molecule has 4 rings (SSSR count). The van der Waals surface area contributed by atoms with E-state index in [2.05, 4.69) is 15.6 Å². The first-order chi connectivity index (χ1) is 14.2. The molecule has 0 saturated carbocycles. The number of carbonyl (C=O) groups excluding carboxylic acids is 2. The third kappa shape index (κ3) is 4.16. The molecule has 6 nitrogen and oxygen atoms in total. The number of nitrogens with zero attached hydrogens (tertiary/aromatic N) is 2. The molecular weight excluding hydrogens is 364 g/mol. The Hall–Kier alpha value is -3.93. The Morgan fingerprint density at radius 2 is 1.52 bits per heavy atom. The standard InChI is InChI=1S/C23H20N4O2/c28-22(24-15-14-17-9-3-1-4-10-17)20-19-13-7-8-16-27(19)21(26-20)23(29)25-18-11-5-2-6-12-18/h1-13,16H,14-15H2,(H,24,28)(H,25,29). The molecule has 2 amide bonds. The molecule has 2 aromatic heterocycles. The van der Waals surface area contributed by atoms with Gasteiger partial charge in [-0.1, -0.05) is 54.6 Å². The Labute approximate surface area is 168 Å². The van der Waals surface area contributed by atoms with Gasteiger partial charge in [0.05, 0.1) is 5.52 Å². The smallest absolute Gasteiger partial charge is 0.292 e. The molecule has 6 heteroatoms. The normalized spacial score (nSPS) is 10.6. The lowest BCUT2D eigenvalue weighted by Crippen LogP contribution is -2.26. The van der Waals surface area contributed by atoms with E-state index in [9.17, 15) is 9.59 Å². The summed E-state index contributed by atoms with van der Waals surface area (Å²) in [5.74, 6) is -0.512. The van der Waals surface area contributed by atoms with Gasteiger partial charge >= 0.3 is 0 Å². The summed E-state index contributed by atoms with van der Waals surface area (Å²) in [7, 11) is 0. The first-order valence-corrected chi connectivity index (χ1v) is 9.38. The van der Waals surface area contributed by atoms with Gasteiger partial charge in [-0.25, -0.2) is 4.98 Å². The van der Waals surface area contributed by atoms with Crippen molar-refractivity contribution in [3.05, 3.63) is 102 Å². The van der Waals surface area contributed by atoms with E-state index in [0.717, 1.165) is 12.0 Å². The zero-order valence-electron chi connectivity index (χ0n) is 15.7. The minimum atomic E-state index is -0.374. The summed E-state index contributed by atoms with van der Waals surface area (Å²) in [5, 5.41) is 5.71. The molecule has 2 heterocycles. The Morgan fingerprint density at radius 1 is 0.828 bits per heavy atom. The van der Waals surface area contributed by atoms with Gasteiger partial charge < -0.3 is 10.6 Å². The van der Waals surface area contributed by atoms with Crippen LogP contribution in [0.25, 0.3) is 5.52 Å². The van der Waals surface area contributed by atoms with Crippen LogP contribution in [0.15, 0.2) is 85.1 Å². The lowest BCUT2D eigenvalue weighted by molar-refractivity contribution is 0.0951. The SMILES string of the molecule is O=C(NCCc1ccccc1)c1nc(C(=O)Nc2ccccc2)n2ccccc12. The topological polar surface area (TPSA) is 75.5 Å². The number of nitrogens with one attached hydrogen (secondary N) is 2. The van der Waals surface area contributed by atoms with E-state index in [1.807, 2.05) is 54.6 Å². The fraction of sp³-hybridized carbons (Fsp3) is 0.0870. The maximum atomic E-state index is 12.7. The van der Waals surface area contributed by atoms with Gasteiger partial charge in [0, 0.05) is 18.4 Å². The molecule has 0 unspecified atom stereocenters. The maximum Gasteiger partial charge on any atom is 0.292 e. The van der Waals surface area contributed by atoms with E-state index in [4.69, 9.17) is 0 Å². The lowest BCUT2D eigenvalue weighted by atomic mass is 10.1. The van der Waals surface area contributed by atoms with E-state index in [0.29, 0.717) is 17.7 Å². The van der Waals surface area contributed by atoms with Crippen molar-refractivity contribution < 1.29 is 9.59 Å². The van der Waals surface area contributed by atoms with Crippen molar-refractivity contribution in [2.24, 2.45) is 0 Å². The van der Waals surface area contributed by atoms with Crippen LogP contribution < -0.4 is 10.6 Å². The van der Waals surface area contributed by atoms with Crippen molar-refractivity contribution in [1.82, 2.24) is 14.7 Å². The highest BCUT2D eigenvalue weighted by atomic mass is 16.2. The van der Waals surface area contributed by atoms with Gasteiger partial charge in [0.15, 0.2) is 5.69 Å². The summed E-state index contributed by atoms with van der Waals surface area (Å²) in [6.07, 6.45) is 2.45. The monoisotopic (exact) mass is 384 g/mol. The van der Waals surface area contributed by atoms with Crippen LogP contribution in [0.4, 0.5) is 5.69 Å². The molecule has 144 valence electrons. The highest BCUT2D eigenvalue weighted by Gasteiger charge is 2.21. The van der Waals surface area contributed by atoms with Crippen LogP contribution in [0, 0.1) is 0 Å². The molecule has 0 spiro atoms. The number of amides is 2. The minimum Gasteiger partial charge on any atom is -0.350 e. The van der Waals surface area contributed by atoms with Crippen LogP contribution in [0.5, 0.6) is 0 Å². The number of aromatic nitrogens is 2. The number of hydrogen-bond donors (Lipinski definition) is 2. The molecule has 0 aliphatic rings. The molecule has 29 heavy (non-hydrogen) atoms. The number of para-hydroxylation sites is 1. The molecule has 0 radical (unpaired) electrons. The molecule has 0 bridgehead atoms. The number of imidazole rings is 1. The van der Waals surface area contributed by atoms with E-state index in [1.165, 1.54) is 0 Å². The molecule has 2 aromatic carbocycles. The van der Waals surface area contributed by atoms with Crippen molar-refractivity contribution in [1.29, 1.82) is 0 Å². The summed E-state index contributed by atoms with van der Waals surface area (Å²) < 4.78 is 1.63. The molecule has 0 fully saturated rings. The predicted octanol–water partition coefficient (Wildman–Crippen LogP) is 3.56. The Kier molecular flexibility index (Phi) is 5.33. The second kappa shape index (κ2) is 8.39. The summed E-state index contributed by atoms with van der Waals surface area (Å²) >= 11 is 0. The van der Waals surface area contributed by atoms with Crippen molar-refractivity contribution in [3.63, 3.8) is 0 Å². The number of hydrogen-bond acceptors (Lipinski definition) is 3. The van der Waals surface area contributed by atoms with E-state index >= 15 is 0 Å². The number of carbonyl (C=O) groups is 2. The first kappa shape index (κ1) is 18.4. The summed E-state index contributed by atoms with van der Waals surface area (Å²) in [5.41, 5.74) is 2.63. The highest BCUT2D eigenvalue weighted by Crippen LogP contribution is 2.15. The number of benzene rings is 2. The molecule has 4 aromatic rings. The fourth-order valence-electron chi connectivity index (χ4n) is 3.12. The van der Waals surface area contributed by atoms with Crippen LogP contribution >= 0.6 is 0 Å². The van der Waals surface area contributed by atoms with Gasteiger partial charge in [-0.3, -0.25) is 14.0 Å². The first-order valence-electron chi connectivity index (χ1n) is 9.38. The molecule has 0 aliphatic heterocycles. The average Bonchev–Trinajstić information content (AvgIpc) is 3.15. The Balaban J connectivity index is 1.53. The molecular formula is C23H20N4O2. The van der Waals surface area contributed by atoms with Crippen LogP contribution in [-0.4, -0.2) is 27.7 Å². The lowest BCUT2D eigenvalue weighted by Gasteiger charge is -2.04. The van der Waals surface area contributed by atoms with Crippen molar-refractivity contribution in [2.45, 2.75) is 6.42 Å². The third-order valence-corrected chi connectivity index (χ3v) is 4.54. The third-order valence-electron chi connectivity index (χ3n) is 4.54. The van der Waals surface area contributed by atoms with Crippen LogP contribution in [0.2, 0.25) is 0 Å². The molecule has 0 atom stereocenters. The molecule has 0 saturated heterocycles. The van der Waals surface area contributed by atoms with Gasteiger partial charge in [-0.2, -0.15) is 0 Å². The van der Waals surface area contributed by atoms with E-state index < -0.39 is 0 Å². The zero-order chi connectivity index (χ0) is 20.1. The van der Waals surface area contributed by atoms with E-state index in [1.54, 1.807) is 34.9 Å². The number of anilines is 1. The molecule has 0 aliphatic carbocycles. The zero-order valence-corrected chi connectivity index (χ0v) is 15.7. The second-order valence-electron chi connectivity index (χ2n) is 6.55. The minimum absolute atomic E-state index is 0.165. The number of pyridine rings is 1. The largest absolute Gasteiger partial charge is 0.350 e. The van der Waals surface area contributed by atoms with Crippen molar-refractivity contribution in [3.8, 4) is 0 Å². The molecule has 2 N–H and O–H groups in total. The van der Waals surface area contributed by atoms with Gasteiger partial charge in [-0.15, -0.1) is 0 Å². The maximum absolute atomic E-state index is 12.7. The van der Waals surface area contributed by atoms with Crippen LogP contribution in [0.3, 0.4) is 0 Å². The highest BCUT2D eigenvalue weighted by molar-refractivity contribution is 6.06. The van der Waals surface area contributed by atoms with Crippen molar-refractivity contribution >= 4 is 23.0 Å². The van der Waals surface area contributed by atoms with E-state index in [-0.39, 0.29) is 23.3 Å². The van der Waals surface area contributed by atoms with Gasteiger partial charge in [0.1, 0.15) is 0 Å².